The van der Waals surface area contributed by atoms with Crippen LogP contribution in [0.2, 0.25) is 0 Å². The third kappa shape index (κ3) is 2.83. The van der Waals surface area contributed by atoms with Gasteiger partial charge in [0.1, 0.15) is 5.82 Å². The van der Waals surface area contributed by atoms with E-state index in [1.165, 1.54) is 12.1 Å². The Morgan fingerprint density at radius 3 is 2.72 bits per heavy atom. The lowest BCUT2D eigenvalue weighted by atomic mass is 10.1. The van der Waals surface area contributed by atoms with Crippen molar-refractivity contribution >= 4 is 16.8 Å². The van der Waals surface area contributed by atoms with E-state index >= 15 is 0 Å². The van der Waals surface area contributed by atoms with E-state index in [2.05, 4.69) is 4.98 Å². The van der Waals surface area contributed by atoms with Gasteiger partial charge >= 0.3 is 0 Å². The van der Waals surface area contributed by atoms with Crippen LogP contribution in [-0.4, -0.2) is 29.9 Å². The van der Waals surface area contributed by atoms with Crippen molar-refractivity contribution in [3.05, 3.63) is 41.8 Å². The number of fused-ring (bicyclic) bond motifs is 1. The largest absolute Gasteiger partial charge is 0.349 e. The highest BCUT2D eigenvalue weighted by Crippen LogP contribution is 2.14. The fraction of sp³-hybridized carbons (Fsp3) is 0.286. The second kappa shape index (κ2) is 5.12. The number of pyridine rings is 1. The normalized spacial score (nSPS) is 10.6. The monoisotopic (exact) mass is 246 g/mol. The second-order valence-corrected chi connectivity index (χ2v) is 4.43. The summed E-state index contributed by atoms with van der Waals surface area (Å²) < 4.78 is 13.1. The van der Waals surface area contributed by atoms with Crippen molar-refractivity contribution in [1.29, 1.82) is 0 Å². The Hall–Kier alpha value is -1.97. The van der Waals surface area contributed by atoms with Gasteiger partial charge in [-0.25, -0.2) is 4.39 Å². The smallest absolute Gasteiger partial charge is 0.222 e. The van der Waals surface area contributed by atoms with Gasteiger partial charge in [-0.3, -0.25) is 9.78 Å². The zero-order valence-corrected chi connectivity index (χ0v) is 10.5. The molecule has 0 saturated heterocycles. The first kappa shape index (κ1) is 12.5. The zero-order chi connectivity index (χ0) is 13.1. The fourth-order valence-corrected chi connectivity index (χ4v) is 1.73. The molecule has 0 bridgehead atoms. The number of halogens is 1. The van der Waals surface area contributed by atoms with Gasteiger partial charge in [0, 0.05) is 37.7 Å². The number of rotatable bonds is 3. The van der Waals surface area contributed by atoms with Gasteiger partial charge in [-0.1, -0.05) is 6.07 Å². The Morgan fingerprint density at radius 1 is 1.28 bits per heavy atom. The summed E-state index contributed by atoms with van der Waals surface area (Å²) in [5.41, 5.74) is 1.44. The molecule has 18 heavy (non-hydrogen) atoms. The van der Waals surface area contributed by atoms with E-state index in [0.717, 1.165) is 11.1 Å². The molecule has 2 aromatic rings. The second-order valence-electron chi connectivity index (χ2n) is 4.43. The van der Waals surface area contributed by atoms with Crippen LogP contribution in [0, 0.1) is 5.82 Å². The maximum absolute atomic E-state index is 13.1. The maximum Gasteiger partial charge on any atom is 0.222 e. The van der Waals surface area contributed by atoms with E-state index in [1.54, 1.807) is 25.1 Å². The Balaban J connectivity index is 2.17. The first-order chi connectivity index (χ1) is 8.56. The number of aryl methyl sites for hydroxylation is 1. The summed E-state index contributed by atoms with van der Waals surface area (Å²) in [6, 6.07) is 8.30. The van der Waals surface area contributed by atoms with E-state index < -0.39 is 0 Å². The van der Waals surface area contributed by atoms with Gasteiger partial charge in [0.25, 0.3) is 0 Å². The van der Waals surface area contributed by atoms with Gasteiger partial charge in [-0.2, -0.15) is 0 Å². The molecule has 0 unspecified atom stereocenters. The highest BCUT2D eigenvalue weighted by molar-refractivity contribution is 5.79. The average molecular weight is 246 g/mol. The lowest BCUT2D eigenvalue weighted by Gasteiger charge is -2.09. The predicted molar refractivity (Wildman–Crippen MR) is 68.7 cm³/mol. The molecule has 1 amide bonds. The van der Waals surface area contributed by atoms with Crippen LogP contribution in [0.5, 0.6) is 0 Å². The van der Waals surface area contributed by atoms with E-state index in [1.807, 2.05) is 12.1 Å². The minimum atomic E-state index is -0.295. The molecule has 1 aromatic heterocycles. The van der Waals surface area contributed by atoms with Gasteiger partial charge < -0.3 is 4.90 Å². The average Bonchev–Trinajstić information content (AvgIpc) is 2.35. The minimum absolute atomic E-state index is 0.0659. The summed E-state index contributed by atoms with van der Waals surface area (Å²) in [5, 5.41) is 0.902. The van der Waals surface area contributed by atoms with Crippen LogP contribution in [0.1, 0.15) is 12.1 Å². The van der Waals surface area contributed by atoms with Crippen molar-refractivity contribution in [3.63, 3.8) is 0 Å². The van der Waals surface area contributed by atoms with Crippen molar-refractivity contribution in [2.24, 2.45) is 0 Å². The van der Waals surface area contributed by atoms with Crippen LogP contribution in [0.15, 0.2) is 30.3 Å². The van der Waals surface area contributed by atoms with Gasteiger partial charge in [-0.15, -0.1) is 0 Å². The summed E-state index contributed by atoms with van der Waals surface area (Å²) in [6.45, 7) is 0. The number of hydrogen-bond donors (Lipinski definition) is 0. The highest BCUT2D eigenvalue weighted by atomic mass is 19.1. The first-order valence-electron chi connectivity index (χ1n) is 5.81. The molecule has 0 aliphatic heterocycles. The third-order valence-electron chi connectivity index (χ3n) is 2.81. The third-order valence-corrected chi connectivity index (χ3v) is 2.81. The molecule has 3 nitrogen and oxygen atoms in total. The molecule has 0 fully saturated rings. The number of aromatic nitrogens is 1. The quantitative estimate of drug-likeness (QED) is 0.833. The van der Waals surface area contributed by atoms with Crippen LogP contribution in [0.4, 0.5) is 4.39 Å². The zero-order valence-electron chi connectivity index (χ0n) is 10.5. The molecule has 0 spiro atoms. The maximum atomic E-state index is 13.1. The summed E-state index contributed by atoms with van der Waals surface area (Å²) in [6.07, 6.45) is 0.990. The van der Waals surface area contributed by atoms with E-state index in [0.29, 0.717) is 18.4 Å². The molecule has 0 radical (unpaired) electrons. The van der Waals surface area contributed by atoms with E-state index in [9.17, 15) is 9.18 Å². The van der Waals surface area contributed by atoms with Gasteiger partial charge in [0.15, 0.2) is 0 Å². The van der Waals surface area contributed by atoms with Crippen molar-refractivity contribution in [2.75, 3.05) is 14.1 Å². The molecule has 1 heterocycles. The molecular weight excluding hydrogens is 231 g/mol. The minimum Gasteiger partial charge on any atom is -0.349 e. The van der Waals surface area contributed by atoms with Crippen molar-refractivity contribution in [3.8, 4) is 0 Å². The lowest BCUT2D eigenvalue weighted by Crippen LogP contribution is -2.21. The number of hydrogen-bond acceptors (Lipinski definition) is 2. The van der Waals surface area contributed by atoms with Gasteiger partial charge in [-0.05, 0) is 24.6 Å². The SMILES string of the molecule is CN(C)C(=O)CCc1ccc2ccc(F)cc2n1. The standard InChI is InChI=1S/C14H15FN2O/c1-17(2)14(18)8-7-12-6-4-10-3-5-11(15)9-13(10)16-12/h3-6,9H,7-8H2,1-2H3. The Morgan fingerprint density at radius 2 is 2.00 bits per heavy atom. The molecule has 4 heteroatoms. The van der Waals surface area contributed by atoms with Crippen LogP contribution in [0.3, 0.4) is 0 Å². The molecule has 0 N–H and O–H groups in total. The molecule has 94 valence electrons. The summed E-state index contributed by atoms with van der Waals surface area (Å²) in [5.74, 6) is -0.229. The number of amides is 1. The molecule has 0 aliphatic carbocycles. The molecule has 1 aromatic carbocycles. The number of carbonyl (C=O) groups excluding carboxylic acids is 1. The van der Waals surface area contributed by atoms with Gasteiger partial charge in [0.05, 0.1) is 5.52 Å². The highest BCUT2D eigenvalue weighted by Gasteiger charge is 2.06. The van der Waals surface area contributed by atoms with Crippen LogP contribution in [-0.2, 0) is 11.2 Å². The summed E-state index contributed by atoms with van der Waals surface area (Å²) in [4.78, 5) is 17.4. The molecular formula is C14H15FN2O. The number of benzene rings is 1. The van der Waals surface area contributed by atoms with Crippen molar-refractivity contribution < 1.29 is 9.18 Å². The topological polar surface area (TPSA) is 33.2 Å². The van der Waals surface area contributed by atoms with Crippen LogP contribution in [0.25, 0.3) is 10.9 Å². The molecule has 0 aliphatic rings. The molecule has 0 saturated carbocycles. The number of carbonyl (C=O) groups is 1. The van der Waals surface area contributed by atoms with Crippen molar-refractivity contribution in [2.45, 2.75) is 12.8 Å². The molecule has 0 atom stereocenters. The lowest BCUT2D eigenvalue weighted by molar-refractivity contribution is -0.128. The fourth-order valence-electron chi connectivity index (χ4n) is 1.73. The van der Waals surface area contributed by atoms with Crippen LogP contribution < -0.4 is 0 Å². The first-order valence-corrected chi connectivity index (χ1v) is 5.81. The Labute approximate surface area is 105 Å². The number of nitrogens with zero attached hydrogens (tertiary/aromatic N) is 2. The summed E-state index contributed by atoms with van der Waals surface area (Å²) in [7, 11) is 3.46. The summed E-state index contributed by atoms with van der Waals surface area (Å²) >= 11 is 0. The van der Waals surface area contributed by atoms with Crippen molar-refractivity contribution in [1.82, 2.24) is 9.88 Å². The van der Waals surface area contributed by atoms with Gasteiger partial charge in [0.2, 0.25) is 5.91 Å². The Bertz CT molecular complexity index is 581. The van der Waals surface area contributed by atoms with E-state index in [-0.39, 0.29) is 11.7 Å². The molecule has 2 rings (SSSR count). The Kier molecular flexibility index (Phi) is 3.55. The van der Waals surface area contributed by atoms with E-state index in [4.69, 9.17) is 0 Å². The van der Waals surface area contributed by atoms with Crippen LogP contribution >= 0.6 is 0 Å². The predicted octanol–water partition coefficient (Wildman–Crippen LogP) is 2.39.